The molecule has 7 heteroatoms. The molecular weight excluding hydrogens is 290 g/mol. The molecule has 124 valence electrons. The molecule has 0 N–H and O–H groups in total. The van der Waals surface area contributed by atoms with E-state index in [1.54, 1.807) is 20.8 Å². The minimum absolute atomic E-state index is 0.133. The van der Waals surface area contributed by atoms with Gasteiger partial charge in [-0.25, -0.2) is 14.4 Å². The minimum Gasteiger partial charge on any atom is -0.464 e. The van der Waals surface area contributed by atoms with Gasteiger partial charge in [-0.15, -0.1) is 0 Å². The van der Waals surface area contributed by atoms with Gasteiger partial charge in [0.1, 0.15) is 0 Å². The first-order chi connectivity index (χ1) is 10.5. The third kappa shape index (κ3) is 2.32. The van der Waals surface area contributed by atoms with Crippen molar-refractivity contribution in [2.75, 3.05) is 19.8 Å². The number of amides is 1. The monoisotopic (exact) mass is 313 g/mol. The van der Waals surface area contributed by atoms with Crippen LogP contribution in [0.15, 0.2) is 0 Å². The molecule has 7 nitrogen and oxygen atoms in total. The standard InChI is InChI=1S/C15H23NO6/c1-4-20-12(17)15(13(18)21-5-2)10-7-8-11(9-10)16(15)14(19)22-6-3/h10-11H,4-9H2,1-3H3. The van der Waals surface area contributed by atoms with Crippen LogP contribution in [-0.2, 0) is 23.8 Å². The summed E-state index contributed by atoms with van der Waals surface area (Å²) in [6.07, 6.45) is 1.38. The summed E-state index contributed by atoms with van der Waals surface area (Å²) >= 11 is 0. The lowest BCUT2D eigenvalue weighted by Crippen LogP contribution is -2.66. The van der Waals surface area contributed by atoms with Gasteiger partial charge in [0.2, 0.25) is 5.54 Å². The molecule has 22 heavy (non-hydrogen) atoms. The van der Waals surface area contributed by atoms with Crippen molar-refractivity contribution in [1.82, 2.24) is 4.90 Å². The second-order valence-corrected chi connectivity index (χ2v) is 5.44. The lowest BCUT2D eigenvalue weighted by Gasteiger charge is -2.41. The minimum atomic E-state index is -1.69. The Morgan fingerprint density at radius 1 is 0.955 bits per heavy atom. The van der Waals surface area contributed by atoms with Crippen LogP contribution in [0.3, 0.4) is 0 Å². The molecule has 1 amide bonds. The molecule has 2 fully saturated rings. The number of ether oxygens (including phenoxy) is 3. The molecule has 1 aliphatic carbocycles. The number of piperidine rings is 1. The molecule has 2 atom stereocenters. The third-order valence-electron chi connectivity index (χ3n) is 4.38. The van der Waals surface area contributed by atoms with Crippen LogP contribution in [-0.4, -0.2) is 54.3 Å². The topological polar surface area (TPSA) is 82.1 Å². The van der Waals surface area contributed by atoms with E-state index in [1.807, 2.05) is 0 Å². The van der Waals surface area contributed by atoms with Gasteiger partial charge in [0.15, 0.2) is 0 Å². The zero-order valence-corrected chi connectivity index (χ0v) is 13.3. The van der Waals surface area contributed by atoms with Crippen LogP contribution < -0.4 is 0 Å². The predicted molar refractivity (Wildman–Crippen MR) is 76.0 cm³/mol. The Hall–Kier alpha value is -1.79. The van der Waals surface area contributed by atoms with E-state index >= 15 is 0 Å². The van der Waals surface area contributed by atoms with Gasteiger partial charge < -0.3 is 14.2 Å². The zero-order chi connectivity index (χ0) is 16.3. The summed E-state index contributed by atoms with van der Waals surface area (Å²) in [5.41, 5.74) is -1.69. The Bertz CT molecular complexity index is 445. The van der Waals surface area contributed by atoms with Crippen molar-refractivity contribution in [1.29, 1.82) is 0 Å². The summed E-state index contributed by atoms with van der Waals surface area (Å²) in [4.78, 5) is 38.9. The first-order valence-corrected chi connectivity index (χ1v) is 7.84. The molecule has 2 bridgehead atoms. The number of carbonyl (C=O) groups excluding carboxylic acids is 3. The van der Waals surface area contributed by atoms with E-state index in [0.717, 1.165) is 6.42 Å². The second kappa shape index (κ2) is 6.54. The number of likely N-dealkylation sites (tertiary alicyclic amines) is 1. The maximum atomic E-state index is 12.6. The fourth-order valence-corrected chi connectivity index (χ4v) is 3.64. The van der Waals surface area contributed by atoms with Gasteiger partial charge in [-0.1, -0.05) is 0 Å². The van der Waals surface area contributed by atoms with Crippen molar-refractivity contribution < 1.29 is 28.6 Å². The van der Waals surface area contributed by atoms with Gasteiger partial charge in [0, 0.05) is 12.0 Å². The Balaban J connectivity index is 2.45. The first kappa shape index (κ1) is 16.6. The Labute approximate surface area is 129 Å². The summed E-state index contributed by atoms with van der Waals surface area (Å²) < 4.78 is 15.3. The molecule has 1 aliphatic heterocycles. The summed E-state index contributed by atoms with van der Waals surface area (Å²) in [5.74, 6) is -1.71. The lowest BCUT2D eigenvalue weighted by molar-refractivity contribution is -0.177. The molecule has 1 heterocycles. The van der Waals surface area contributed by atoms with Crippen LogP contribution in [0.1, 0.15) is 40.0 Å². The highest BCUT2D eigenvalue weighted by molar-refractivity contribution is 6.08. The van der Waals surface area contributed by atoms with E-state index in [0.29, 0.717) is 12.8 Å². The predicted octanol–water partition coefficient (Wildman–Crippen LogP) is 1.49. The number of rotatable bonds is 5. The van der Waals surface area contributed by atoms with E-state index in [-0.39, 0.29) is 31.8 Å². The molecule has 0 aromatic rings. The van der Waals surface area contributed by atoms with Crippen LogP contribution in [0.25, 0.3) is 0 Å². The van der Waals surface area contributed by atoms with E-state index < -0.39 is 23.6 Å². The number of fused-ring (bicyclic) bond motifs is 2. The van der Waals surface area contributed by atoms with Gasteiger partial charge in [0.25, 0.3) is 0 Å². The van der Waals surface area contributed by atoms with Gasteiger partial charge in [-0.05, 0) is 40.0 Å². The number of hydrogen-bond acceptors (Lipinski definition) is 6. The number of hydrogen-bond donors (Lipinski definition) is 0. The number of nitrogens with zero attached hydrogens (tertiary/aromatic N) is 1. The average molecular weight is 313 g/mol. The highest BCUT2D eigenvalue weighted by atomic mass is 16.6. The molecule has 0 aromatic carbocycles. The van der Waals surface area contributed by atoms with Crippen molar-refractivity contribution >= 4 is 18.0 Å². The van der Waals surface area contributed by atoms with Crippen molar-refractivity contribution in [3.8, 4) is 0 Å². The summed E-state index contributed by atoms with van der Waals surface area (Å²) in [6, 6.07) is -0.183. The smallest absolute Gasteiger partial charge is 0.411 e. The highest BCUT2D eigenvalue weighted by Crippen LogP contribution is 2.50. The molecular formula is C15H23NO6. The Morgan fingerprint density at radius 3 is 2.00 bits per heavy atom. The van der Waals surface area contributed by atoms with Crippen LogP contribution in [0, 0.1) is 5.92 Å². The normalized spacial score (nSPS) is 25.0. The Kier molecular flexibility index (Phi) is 4.93. The summed E-state index contributed by atoms with van der Waals surface area (Å²) in [6.45, 7) is 5.45. The van der Waals surface area contributed by atoms with E-state index in [9.17, 15) is 14.4 Å². The van der Waals surface area contributed by atoms with Crippen molar-refractivity contribution in [3.63, 3.8) is 0 Å². The largest absolute Gasteiger partial charge is 0.464 e. The maximum Gasteiger partial charge on any atom is 0.411 e. The summed E-state index contributed by atoms with van der Waals surface area (Å²) in [7, 11) is 0. The van der Waals surface area contributed by atoms with Crippen molar-refractivity contribution in [3.05, 3.63) is 0 Å². The first-order valence-electron chi connectivity index (χ1n) is 7.84. The maximum absolute atomic E-state index is 12.6. The summed E-state index contributed by atoms with van der Waals surface area (Å²) in [5, 5.41) is 0. The van der Waals surface area contributed by atoms with Gasteiger partial charge in [0.05, 0.1) is 19.8 Å². The number of esters is 2. The second-order valence-electron chi connectivity index (χ2n) is 5.44. The van der Waals surface area contributed by atoms with Crippen molar-refractivity contribution in [2.45, 2.75) is 51.6 Å². The lowest BCUT2D eigenvalue weighted by atomic mass is 9.82. The molecule has 0 radical (unpaired) electrons. The van der Waals surface area contributed by atoms with Gasteiger partial charge in [-0.2, -0.15) is 0 Å². The molecule has 0 aromatic heterocycles. The van der Waals surface area contributed by atoms with Crippen LogP contribution in [0.2, 0.25) is 0 Å². The average Bonchev–Trinajstić information content (AvgIpc) is 3.07. The van der Waals surface area contributed by atoms with Gasteiger partial charge >= 0.3 is 18.0 Å². The van der Waals surface area contributed by atoms with Crippen LogP contribution in [0.4, 0.5) is 4.79 Å². The van der Waals surface area contributed by atoms with Gasteiger partial charge in [-0.3, -0.25) is 4.90 Å². The van der Waals surface area contributed by atoms with Crippen molar-refractivity contribution in [2.24, 2.45) is 5.92 Å². The van der Waals surface area contributed by atoms with Crippen LogP contribution >= 0.6 is 0 Å². The number of carbonyl (C=O) groups is 3. The van der Waals surface area contributed by atoms with E-state index in [2.05, 4.69) is 0 Å². The molecule has 2 unspecified atom stereocenters. The van der Waals surface area contributed by atoms with E-state index in [4.69, 9.17) is 14.2 Å². The quantitative estimate of drug-likeness (QED) is 0.434. The molecule has 0 spiro atoms. The highest BCUT2D eigenvalue weighted by Gasteiger charge is 2.69. The molecule has 1 saturated carbocycles. The molecule has 1 saturated heterocycles. The third-order valence-corrected chi connectivity index (χ3v) is 4.38. The fourth-order valence-electron chi connectivity index (χ4n) is 3.64. The van der Waals surface area contributed by atoms with Crippen LogP contribution in [0.5, 0.6) is 0 Å². The zero-order valence-electron chi connectivity index (χ0n) is 13.3. The van der Waals surface area contributed by atoms with E-state index in [1.165, 1.54) is 4.90 Å². The SMILES string of the molecule is CCOC(=O)N1C2CCC(C2)C1(C(=O)OCC)C(=O)OCC. The Morgan fingerprint density at radius 2 is 1.50 bits per heavy atom. The molecule has 2 aliphatic rings. The fraction of sp³-hybridized carbons (Fsp3) is 0.800. The molecule has 2 rings (SSSR count).